The van der Waals surface area contributed by atoms with Crippen molar-refractivity contribution in [3.8, 4) is 0 Å². The van der Waals surface area contributed by atoms with Crippen molar-refractivity contribution in [1.29, 1.82) is 0 Å². The first-order chi connectivity index (χ1) is 11.5. The molecule has 122 valence electrons. The zero-order chi connectivity index (χ0) is 17.0. The number of esters is 1. The fourth-order valence-corrected chi connectivity index (χ4v) is 3.38. The third-order valence-corrected chi connectivity index (χ3v) is 4.60. The molecule has 0 aliphatic carbocycles. The first-order valence-corrected chi connectivity index (χ1v) is 7.55. The van der Waals surface area contributed by atoms with Crippen LogP contribution in [0.15, 0.2) is 45.1 Å². The number of fused-ring (bicyclic) bond motifs is 1. The molecule has 3 heterocycles. The fraction of sp³-hybridized carbons (Fsp3) is 0.235. The van der Waals surface area contributed by atoms with Crippen molar-refractivity contribution in [3.05, 3.63) is 73.1 Å². The van der Waals surface area contributed by atoms with Crippen LogP contribution in [0.5, 0.6) is 0 Å². The average Bonchev–Trinajstić information content (AvgIpc) is 2.93. The number of cyclic esters (lactones) is 1. The molecule has 0 unspecified atom stereocenters. The molecule has 0 fully saturated rings. The Morgan fingerprint density at radius 3 is 2.71 bits per heavy atom. The van der Waals surface area contributed by atoms with Gasteiger partial charge in [0, 0.05) is 7.05 Å². The number of aromatic nitrogens is 2. The van der Waals surface area contributed by atoms with Gasteiger partial charge in [-0.15, -0.1) is 0 Å². The topological polar surface area (TPSA) is 93.2 Å². The van der Waals surface area contributed by atoms with Crippen LogP contribution in [0.1, 0.15) is 22.6 Å². The van der Waals surface area contributed by atoms with E-state index in [0.29, 0.717) is 22.7 Å². The highest BCUT2D eigenvalue weighted by atomic mass is 16.5. The first-order valence-electron chi connectivity index (χ1n) is 7.55. The van der Waals surface area contributed by atoms with Crippen LogP contribution < -0.4 is 16.6 Å². The minimum Gasteiger partial charge on any atom is -0.456 e. The summed E-state index contributed by atoms with van der Waals surface area (Å²) in [6, 6.07) is 7.57. The van der Waals surface area contributed by atoms with E-state index in [9.17, 15) is 14.4 Å². The second kappa shape index (κ2) is 4.95. The van der Waals surface area contributed by atoms with Crippen molar-refractivity contribution in [2.75, 3.05) is 11.9 Å². The Morgan fingerprint density at radius 1 is 1.21 bits per heavy atom. The number of ether oxygens (including phenoxy) is 1. The number of nitrogens with zero attached hydrogens (tertiary/aromatic N) is 1. The van der Waals surface area contributed by atoms with Gasteiger partial charge in [-0.2, -0.15) is 0 Å². The second-order valence-electron chi connectivity index (χ2n) is 5.96. The van der Waals surface area contributed by atoms with Crippen LogP contribution in [0.4, 0.5) is 5.82 Å². The molecular weight excluding hydrogens is 310 g/mol. The Balaban J connectivity index is 2.09. The van der Waals surface area contributed by atoms with Gasteiger partial charge < -0.3 is 10.1 Å². The Morgan fingerprint density at radius 2 is 1.96 bits per heavy atom. The molecule has 1 atom stereocenters. The van der Waals surface area contributed by atoms with Gasteiger partial charge in [0.05, 0.1) is 22.8 Å². The number of benzene rings is 1. The highest BCUT2D eigenvalue weighted by Gasteiger charge is 2.41. The van der Waals surface area contributed by atoms with Crippen LogP contribution in [0, 0.1) is 6.92 Å². The summed E-state index contributed by atoms with van der Waals surface area (Å²) in [5.74, 6) is -0.610. The highest BCUT2D eigenvalue weighted by molar-refractivity contribution is 5.97. The van der Waals surface area contributed by atoms with Crippen molar-refractivity contribution < 1.29 is 9.53 Å². The monoisotopic (exact) mass is 325 g/mol. The fourth-order valence-electron chi connectivity index (χ4n) is 3.38. The van der Waals surface area contributed by atoms with Crippen LogP contribution in [-0.4, -0.2) is 22.1 Å². The number of aromatic amines is 1. The second-order valence-corrected chi connectivity index (χ2v) is 5.96. The highest BCUT2D eigenvalue weighted by Crippen LogP contribution is 2.42. The van der Waals surface area contributed by atoms with E-state index in [0.717, 1.165) is 11.1 Å². The third kappa shape index (κ3) is 1.87. The normalized spacial score (nSPS) is 18.8. The molecule has 0 bridgehead atoms. The number of anilines is 1. The number of carbonyl (C=O) groups excluding carboxylic acids is 1. The summed E-state index contributed by atoms with van der Waals surface area (Å²) in [5.41, 5.74) is 2.17. The van der Waals surface area contributed by atoms with Gasteiger partial charge in [-0.1, -0.05) is 24.3 Å². The quantitative estimate of drug-likeness (QED) is 0.755. The maximum Gasteiger partial charge on any atom is 0.337 e. The molecule has 7 nitrogen and oxygen atoms in total. The summed E-state index contributed by atoms with van der Waals surface area (Å²) >= 11 is 0. The lowest BCUT2D eigenvalue weighted by atomic mass is 9.81. The van der Waals surface area contributed by atoms with Crippen molar-refractivity contribution in [3.63, 3.8) is 0 Å². The van der Waals surface area contributed by atoms with Gasteiger partial charge in [0.1, 0.15) is 12.4 Å². The van der Waals surface area contributed by atoms with Crippen LogP contribution in [0.25, 0.3) is 0 Å². The van der Waals surface area contributed by atoms with E-state index in [1.807, 2.05) is 31.2 Å². The van der Waals surface area contributed by atoms with Crippen LogP contribution in [-0.2, 0) is 16.6 Å². The molecule has 0 radical (unpaired) electrons. The molecule has 0 saturated heterocycles. The molecule has 4 rings (SSSR count). The summed E-state index contributed by atoms with van der Waals surface area (Å²) in [5, 5.41) is 3.04. The Hall–Kier alpha value is -3.09. The summed E-state index contributed by atoms with van der Waals surface area (Å²) in [6.45, 7) is 2.03. The lowest BCUT2D eigenvalue weighted by Gasteiger charge is -2.28. The van der Waals surface area contributed by atoms with E-state index in [4.69, 9.17) is 4.74 Å². The molecule has 7 heteroatoms. The molecule has 1 aromatic heterocycles. The summed E-state index contributed by atoms with van der Waals surface area (Å²) < 4.78 is 6.50. The predicted molar refractivity (Wildman–Crippen MR) is 86.9 cm³/mol. The Bertz CT molecular complexity index is 1030. The average molecular weight is 325 g/mol. The van der Waals surface area contributed by atoms with Crippen molar-refractivity contribution in [1.82, 2.24) is 9.55 Å². The molecule has 2 aromatic rings. The molecule has 1 aromatic carbocycles. The lowest BCUT2D eigenvalue weighted by molar-refractivity contribution is -0.136. The van der Waals surface area contributed by atoms with Gasteiger partial charge in [-0.25, -0.2) is 9.59 Å². The van der Waals surface area contributed by atoms with Crippen molar-refractivity contribution >= 4 is 11.8 Å². The number of aryl methyl sites for hydroxylation is 1. The van der Waals surface area contributed by atoms with E-state index in [1.165, 1.54) is 4.57 Å². The third-order valence-electron chi connectivity index (χ3n) is 4.60. The van der Waals surface area contributed by atoms with Crippen LogP contribution in [0.2, 0.25) is 0 Å². The maximum atomic E-state index is 12.5. The molecule has 2 N–H and O–H groups in total. The minimum atomic E-state index is -0.567. The SMILES string of the molecule is Cc1ccccc1[C@@H]1C2=C(COC2=O)Nc2c1c(=O)[nH]c(=O)n2C. The Labute approximate surface area is 136 Å². The number of hydrogen-bond acceptors (Lipinski definition) is 5. The molecule has 0 amide bonds. The van der Waals surface area contributed by atoms with E-state index >= 15 is 0 Å². The van der Waals surface area contributed by atoms with Crippen molar-refractivity contribution in [2.45, 2.75) is 12.8 Å². The number of carbonyl (C=O) groups is 1. The number of rotatable bonds is 1. The number of hydrogen-bond donors (Lipinski definition) is 2. The van der Waals surface area contributed by atoms with Crippen LogP contribution >= 0.6 is 0 Å². The maximum absolute atomic E-state index is 12.5. The molecule has 2 aliphatic rings. The zero-order valence-corrected chi connectivity index (χ0v) is 13.2. The Kier molecular flexibility index (Phi) is 2.99. The molecule has 0 spiro atoms. The van der Waals surface area contributed by atoms with Gasteiger partial charge in [0.25, 0.3) is 5.56 Å². The molecule has 24 heavy (non-hydrogen) atoms. The van der Waals surface area contributed by atoms with E-state index in [1.54, 1.807) is 7.05 Å². The van der Waals surface area contributed by atoms with Gasteiger partial charge in [-0.05, 0) is 18.1 Å². The number of nitrogens with one attached hydrogen (secondary N) is 2. The molecular formula is C17H15N3O4. The largest absolute Gasteiger partial charge is 0.456 e. The smallest absolute Gasteiger partial charge is 0.337 e. The summed E-state index contributed by atoms with van der Waals surface area (Å²) in [4.78, 5) is 39.1. The van der Waals surface area contributed by atoms with Gasteiger partial charge in [0.15, 0.2) is 0 Å². The van der Waals surface area contributed by atoms with Gasteiger partial charge in [-0.3, -0.25) is 14.3 Å². The predicted octanol–water partition coefficient (Wildman–Crippen LogP) is 0.750. The zero-order valence-electron chi connectivity index (χ0n) is 13.2. The number of H-pyrrole nitrogens is 1. The van der Waals surface area contributed by atoms with Crippen LogP contribution in [0.3, 0.4) is 0 Å². The summed E-state index contributed by atoms with van der Waals surface area (Å²) in [7, 11) is 1.57. The van der Waals surface area contributed by atoms with Crippen molar-refractivity contribution in [2.24, 2.45) is 7.05 Å². The van der Waals surface area contributed by atoms with Gasteiger partial charge in [0.2, 0.25) is 0 Å². The molecule has 0 saturated carbocycles. The van der Waals surface area contributed by atoms with Gasteiger partial charge >= 0.3 is 11.7 Å². The first kappa shape index (κ1) is 14.5. The van der Waals surface area contributed by atoms with E-state index < -0.39 is 23.1 Å². The lowest BCUT2D eigenvalue weighted by Crippen LogP contribution is -2.37. The standard InChI is InChI=1S/C17H15N3O4/c1-8-5-3-4-6-9(8)11-12-10(7-24-16(12)22)18-14-13(11)15(21)19-17(23)20(14)2/h3-6,11,18H,7H2,1-2H3,(H,19,21,23)/t11-/m1/s1. The molecule has 2 aliphatic heterocycles. The summed E-state index contributed by atoms with van der Waals surface area (Å²) in [6.07, 6.45) is 0. The van der Waals surface area contributed by atoms with E-state index in [-0.39, 0.29) is 6.61 Å². The minimum absolute atomic E-state index is 0.108. The van der Waals surface area contributed by atoms with E-state index in [2.05, 4.69) is 10.3 Å².